The van der Waals surface area contributed by atoms with Crippen LogP contribution in [0.15, 0.2) is 24.3 Å². The third-order valence-corrected chi connectivity index (χ3v) is 3.75. The Kier molecular flexibility index (Phi) is 5.42. The second-order valence-corrected chi connectivity index (χ2v) is 5.73. The zero-order valence-electron chi connectivity index (χ0n) is 10.2. The van der Waals surface area contributed by atoms with Crippen LogP contribution in [0.3, 0.4) is 0 Å². The van der Waals surface area contributed by atoms with E-state index in [1.165, 1.54) is 0 Å². The molecule has 19 heavy (non-hydrogen) atoms. The summed E-state index contributed by atoms with van der Waals surface area (Å²) in [5.74, 6) is 1.67. The van der Waals surface area contributed by atoms with Gasteiger partial charge in [0.1, 0.15) is 6.61 Å². The number of benzene rings is 1. The van der Waals surface area contributed by atoms with Gasteiger partial charge >= 0.3 is 5.76 Å². The first-order chi connectivity index (χ1) is 8.87. The summed E-state index contributed by atoms with van der Waals surface area (Å²) in [5.41, 5.74) is 1.12. The Hall–Kier alpha value is -1.49. The van der Waals surface area contributed by atoms with Crippen LogP contribution in [0.5, 0.6) is 0 Å². The Labute approximate surface area is 110 Å². The summed E-state index contributed by atoms with van der Waals surface area (Å²) >= 11 is 0. The lowest BCUT2D eigenvalue weighted by Gasteiger charge is -2.16. The predicted molar refractivity (Wildman–Crippen MR) is 66.8 cm³/mol. The maximum Gasteiger partial charge on any atom is 0.350 e. The molecule has 1 aromatic carbocycles. The van der Waals surface area contributed by atoms with Gasteiger partial charge in [0, 0.05) is 19.2 Å². The fraction of sp³-hybridized carbons (Fsp3) is 0.333. The highest BCUT2D eigenvalue weighted by atomic mass is 32.2. The van der Waals surface area contributed by atoms with E-state index in [1.54, 1.807) is 24.3 Å². The molecule has 0 heterocycles. The molecule has 1 aromatic rings. The van der Waals surface area contributed by atoms with Gasteiger partial charge in [-0.1, -0.05) is 24.0 Å². The number of halogens is 2. The summed E-state index contributed by atoms with van der Waals surface area (Å²) in [4.78, 5) is 0. The van der Waals surface area contributed by atoms with Crippen molar-refractivity contribution in [3.63, 3.8) is 0 Å². The monoisotopic (exact) mass is 289 g/mol. The first kappa shape index (κ1) is 15.6. The zero-order valence-corrected chi connectivity index (χ0v) is 11.0. The Morgan fingerprint density at radius 1 is 1.42 bits per heavy atom. The van der Waals surface area contributed by atoms with E-state index in [1.807, 2.05) is 0 Å². The zero-order chi connectivity index (χ0) is 14.5. The quantitative estimate of drug-likeness (QED) is 0.842. The highest BCUT2D eigenvalue weighted by molar-refractivity contribution is 7.89. The van der Waals surface area contributed by atoms with Crippen molar-refractivity contribution in [2.45, 2.75) is 12.3 Å². The molecule has 4 nitrogen and oxygen atoms in total. The lowest BCUT2D eigenvalue weighted by Crippen LogP contribution is -2.31. The highest BCUT2D eigenvalue weighted by Gasteiger charge is 2.29. The Bertz CT molecular complexity index is 590. The number of hydrogen-bond acceptors (Lipinski definition) is 3. The van der Waals surface area contributed by atoms with Crippen LogP contribution >= 0.6 is 0 Å². The smallest absolute Gasteiger partial charge is 0.350 e. The summed E-state index contributed by atoms with van der Waals surface area (Å²) in [6.07, 6.45) is 0. The summed E-state index contributed by atoms with van der Waals surface area (Å²) in [6, 6.07) is 6.51. The van der Waals surface area contributed by atoms with E-state index in [2.05, 4.69) is 11.8 Å². The third kappa shape index (κ3) is 4.28. The van der Waals surface area contributed by atoms with E-state index in [0.29, 0.717) is 15.4 Å². The molecule has 0 aliphatic rings. The molecule has 0 radical (unpaired) electrons. The van der Waals surface area contributed by atoms with Crippen molar-refractivity contribution in [1.82, 2.24) is 4.31 Å². The van der Waals surface area contributed by atoms with Crippen molar-refractivity contribution in [2.24, 2.45) is 0 Å². The largest absolute Gasteiger partial charge is 0.384 e. The molecule has 0 bridgehead atoms. The topological polar surface area (TPSA) is 57.6 Å². The van der Waals surface area contributed by atoms with Gasteiger partial charge in [-0.05, 0) is 17.7 Å². The molecule has 0 saturated heterocycles. The second-order valence-electron chi connectivity index (χ2n) is 3.72. The Morgan fingerprint density at radius 3 is 2.68 bits per heavy atom. The summed E-state index contributed by atoms with van der Waals surface area (Å²) in [6.45, 7) is -0.453. The van der Waals surface area contributed by atoms with Gasteiger partial charge in [-0.15, -0.1) is 0 Å². The molecule has 1 N–H and O–H groups in total. The molecule has 0 atom stereocenters. The van der Waals surface area contributed by atoms with Gasteiger partial charge in [-0.3, -0.25) is 0 Å². The van der Waals surface area contributed by atoms with Crippen molar-refractivity contribution in [3.05, 3.63) is 35.4 Å². The molecule has 0 aliphatic carbocycles. The highest BCUT2D eigenvalue weighted by Crippen LogP contribution is 2.14. The van der Waals surface area contributed by atoms with Gasteiger partial charge in [-0.2, -0.15) is 13.1 Å². The normalized spacial score (nSPS) is 11.5. The number of hydrogen-bond donors (Lipinski definition) is 1. The van der Waals surface area contributed by atoms with E-state index in [-0.39, 0.29) is 13.2 Å². The molecule has 0 spiro atoms. The predicted octanol–water partition coefficient (Wildman–Crippen LogP) is 1.01. The van der Waals surface area contributed by atoms with Crippen LogP contribution in [0.2, 0.25) is 0 Å². The number of sulfonamides is 1. The third-order valence-electron chi connectivity index (χ3n) is 2.30. The van der Waals surface area contributed by atoms with E-state index >= 15 is 0 Å². The number of alkyl halides is 2. The first-order valence-corrected chi connectivity index (χ1v) is 6.80. The average Bonchev–Trinajstić information content (AvgIpc) is 2.36. The van der Waals surface area contributed by atoms with Crippen LogP contribution in [0.25, 0.3) is 0 Å². The van der Waals surface area contributed by atoms with Gasteiger partial charge in [0.25, 0.3) is 10.0 Å². The van der Waals surface area contributed by atoms with Crippen LogP contribution in [0, 0.1) is 11.8 Å². The lowest BCUT2D eigenvalue weighted by molar-refractivity contribution is 0.222. The number of nitrogens with zero attached hydrogens (tertiary/aromatic N) is 1. The molecule has 0 unspecified atom stereocenters. The van der Waals surface area contributed by atoms with Crippen LogP contribution in [0.1, 0.15) is 11.1 Å². The minimum Gasteiger partial charge on any atom is -0.384 e. The van der Waals surface area contributed by atoms with Gasteiger partial charge in [0.05, 0.1) is 0 Å². The molecule has 1 rings (SSSR count). The minimum absolute atomic E-state index is 0.165. The number of aliphatic hydroxyl groups is 1. The van der Waals surface area contributed by atoms with Crippen LogP contribution in [-0.2, 0) is 16.6 Å². The minimum atomic E-state index is -4.58. The van der Waals surface area contributed by atoms with E-state index < -0.39 is 15.8 Å². The molecule has 104 valence electrons. The lowest BCUT2D eigenvalue weighted by atomic mass is 10.1. The first-order valence-electron chi connectivity index (χ1n) is 5.30. The maximum atomic E-state index is 12.3. The van der Waals surface area contributed by atoms with Crippen molar-refractivity contribution in [1.29, 1.82) is 0 Å². The summed E-state index contributed by atoms with van der Waals surface area (Å²) < 4.78 is 47.7. The molecular formula is C12H13F2NO3S. The molecule has 0 saturated carbocycles. The molecular weight excluding hydrogens is 276 g/mol. The van der Waals surface area contributed by atoms with Crippen LogP contribution in [0.4, 0.5) is 8.78 Å². The maximum absolute atomic E-state index is 12.3. The van der Waals surface area contributed by atoms with Crippen molar-refractivity contribution >= 4 is 10.0 Å². The van der Waals surface area contributed by atoms with Crippen molar-refractivity contribution in [3.8, 4) is 11.8 Å². The molecule has 0 aliphatic heterocycles. The molecule has 0 amide bonds. The Balaban J connectivity index is 2.89. The Morgan fingerprint density at radius 2 is 2.11 bits per heavy atom. The SMILES string of the molecule is CN(Cc1cccc(C#CCO)c1)S(=O)(=O)C(F)F. The van der Waals surface area contributed by atoms with E-state index in [9.17, 15) is 17.2 Å². The van der Waals surface area contributed by atoms with Gasteiger partial charge in [0.2, 0.25) is 0 Å². The van der Waals surface area contributed by atoms with Crippen molar-refractivity contribution in [2.75, 3.05) is 13.7 Å². The standard InChI is InChI=1S/C12H13F2NO3S/c1-15(19(17,18)12(13)14)9-11-5-2-4-10(8-11)6-3-7-16/h2,4-5,8,12,16H,7,9H2,1H3. The molecule has 7 heteroatoms. The van der Waals surface area contributed by atoms with E-state index in [0.717, 1.165) is 7.05 Å². The molecule has 0 fully saturated rings. The molecule has 0 aromatic heterocycles. The van der Waals surface area contributed by atoms with Crippen molar-refractivity contribution < 1.29 is 22.3 Å². The van der Waals surface area contributed by atoms with Crippen LogP contribution in [-0.4, -0.2) is 37.2 Å². The fourth-order valence-corrected chi connectivity index (χ4v) is 1.97. The average molecular weight is 289 g/mol. The number of aliphatic hydroxyl groups excluding tert-OH is 1. The van der Waals surface area contributed by atoms with Gasteiger partial charge in [0.15, 0.2) is 0 Å². The van der Waals surface area contributed by atoms with Crippen LogP contribution < -0.4 is 0 Å². The summed E-state index contributed by atoms with van der Waals surface area (Å²) in [5, 5.41) is 8.57. The fourth-order valence-electron chi connectivity index (χ4n) is 1.37. The summed E-state index contributed by atoms with van der Waals surface area (Å²) in [7, 11) is -3.49. The van der Waals surface area contributed by atoms with E-state index in [4.69, 9.17) is 5.11 Å². The second kappa shape index (κ2) is 6.61. The van der Waals surface area contributed by atoms with Gasteiger partial charge in [-0.25, -0.2) is 8.42 Å². The van der Waals surface area contributed by atoms with Gasteiger partial charge < -0.3 is 5.11 Å². The number of rotatable bonds is 4.